The molecule has 4 rings (SSSR count). The second-order valence-corrected chi connectivity index (χ2v) is 11.6. The summed E-state index contributed by atoms with van der Waals surface area (Å²) < 4.78 is 7.54. The van der Waals surface area contributed by atoms with E-state index >= 15 is 0 Å². The van der Waals surface area contributed by atoms with Crippen LogP contribution in [0.15, 0.2) is 28.0 Å². The Kier molecular flexibility index (Phi) is 10.7. The van der Waals surface area contributed by atoms with Gasteiger partial charge in [0.1, 0.15) is 15.8 Å². The van der Waals surface area contributed by atoms with Gasteiger partial charge in [-0.1, -0.05) is 69.1 Å². The number of amides is 1. The number of carbonyl (C=O) groups is 1. The molecule has 1 N–H and O–H groups in total. The van der Waals surface area contributed by atoms with Crippen molar-refractivity contribution < 1.29 is 9.53 Å². The van der Waals surface area contributed by atoms with Crippen LogP contribution in [0.3, 0.4) is 0 Å². The highest BCUT2D eigenvalue weighted by atomic mass is 32.2. The monoisotopic (exact) mass is 557 g/mol. The van der Waals surface area contributed by atoms with E-state index in [1.54, 1.807) is 21.6 Å². The van der Waals surface area contributed by atoms with Gasteiger partial charge in [-0.05, 0) is 44.0 Å². The Morgan fingerprint density at radius 3 is 2.66 bits per heavy atom. The summed E-state index contributed by atoms with van der Waals surface area (Å²) in [5.41, 5.74) is 1.72. The maximum atomic E-state index is 13.6. The van der Waals surface area contributed by atoms with Gasteiger partial charge in [0.15, 0.2) is 0 Å². The van der Waals surface area contributed by atoms with E-state index in [4.69, 9.17) is 21.9 Å². The highest BCUT2D eigenvalue weighted by Crippen LogP contribution is 2.33. The smallest absolute Gasteiger partial charge is 0.267 e. The molecule has 0 saturated carbocycles. The molecule has 8 nitrogen and oxygen atoms in total. The maximum absolute atomic E-state index is 13.6. The number of anilines is 1. The number of rotatable bonds is 13. The minimum absolute atomic E-state index is 0.124. The number of hydrogen-bond acceptors (Lipinski definition) is 8. The van der Waals surface area contributed by atoms with Crippen LogP contribution < -0.4 is 10.9 Å². The van der Waals surface area contributed by atoms with Crippen LogP contribution in [0.25, 0.3) is 11.7 Å². The van der Waals surface area contributed by atoms with E-state index in [-0.39, 0.29) is 11.5 Å². The second-order valence-electron chi connectivity index (χ2n) is 9.90. The molecule has 2 saturated heterocycles. The van der Waals surface area contributed by atoms with E-state index in [0.29, 0.717) is 39.3 Å². The lowest BCUT2D eigenvalue weighted by Gasteiger charge is -2.26. The molecule has 0 unspecified atom stereocenters. The lowest BCUT2D eigenvalue weighted by Crippen LogP contribution is -2.37. The molecule has 2 aromatic rings. The van der Waals surface area contributed by atoms with Crippen LogP contribution >= 0.6 is 24.0 Å². The van der Waals surface area contributed by atoms with Gasteiger partial charge in [-0.15, -0.1) is 0 Å². The van der Waals surface area contributed by atoms with Crippen molar-refractivity contribution >= 4 is 51.7 Å². The highest BCUT2D eigenvalue weighted by Gasteiger charge is 2.32. The summed E-state index contributed by atoms with van der Waals surface area (Å²) in [5, 5.41) is 3.39. The molecule has 2 fully saturated rings. The first kappa shape index (κ1) is 28.7. The molecule has 2 aliphatic rings. The molecule has 0 radical (unpaired) electrons. The summed E-state index contributed by atoms with van der Waals surface area (Å²) >= 11 is 6.81. The summed E-state index contributed by atoms with van der Waals surface area (Å²) in [6.07, 6.45) is 11.2. The summed E-state index contributed by atoms with van der Waals surface area (Å²) in [4.78, 5) is 36.2. The number of unbranched alkanes of at least 4 members (excludes halogenated alkanes) is 5. The van der Waals surface area contributed by atoms with Crippen LogP contribution in [0.4, 0.5) is 5.82 Å². The van der Waals surface area contributed by atoms with Crippen LogP contribution in [0.1, 0.15) is 63.0 Å². The number of pyridine rings is 1. The van der Waals surface area contributed by atoms with E-state index in [0.717, 1.165) is 57.7 Å². The molecular weight excluding hydrogens is 518 g/mol. The molecule has 2 aromatic heterocycles. The van der Waals surface area contributed by atoms with Crippen LogP contribution in [-0.2, 0) is 9.53 Å². The van der Waals surface area contributed by atoms with Crippen molar-refractivity contribution in [1.29, 1.82) is 0 Å². The zero-order valence-corrected chi connectivity index (χ0v) is 24.2. The number of nitrogens with zero attached hydrogens (tertiary/aromatic N) is 4. The third kappa shape index (κ3) is 7.22. The van der Waals surface area contributed by atoms with Crippen LogP contribution in [-0.4, -0.2) is 75.3 Å². The molecule has 1 amide bonds. The van der Waals surface area contributed by atoms with E-state index in [1.165, 1.54) is 37.4 Å². The minimum Gasteiger partial charge on any atom is -0.379 e. The van der Waals surface area contributed by atoms with Gasteiger partial charge in [0.05, 0.1) is 23.7 Å². The number of morpholine rings is 1. The van der Waals surface area contributed by atoms with Crippen molar-refractivity contribution in [2.75, 3.05) is 51.3 Å². The molecule has 0 aromatic carbocycles. The second kappa shape index (κ2) is 14.2. The van der Waals surface area contributed by atoms with Crippen LogP contribution in [0.5, 0.6) is 0 Å². The Labute approximate surface area is 234 Å². The third-order valence-corrected chi connectivity index (χ3v) is 8.39. The standard InChI is InChI=1S/C28H39N5O3S2/c1-3-4-5-6-7-8-14-33-27(35)23(38-28(33)37)20-22-24(29-12-10-13-31-16-18-36-19-17-31)30-25-21(2)11-9-15-32(25)26(22)34/h9,11,15,20,29H,3-8,10,12-14,16-19H2,1-2H3/b23-20-. The number of thioether (sulfide) groups is 1. The molecule has 0 spiro atoms. The van der Waals surface area contributed by atoms with E-state index < -0.39 is 0 Å². The number of hydrogen-bond donors (Lipinski definition) is 1. The van der Waals surface area contributed by atoms with Crippen molar-refractivity contribution in [2.24, 2.45) is 0 Å². The van der Waals surface area contributed by atoms with Gasteiger partial charge in [0.2, 0.25) is 0 Å². The first-order valence-corrected chi connectivity index (χ1v) is 15.0. The number of thiocarbonyl (C=S) groups is 1. The quantitative estimate of drug-likeness (QED) is 0.216. The number of nitrogens with one attached hydrogen (secondary N) is 1. The first-order chi connectivity index (χ1) is 18.5. The molecule has 4 heterocycles. The SMILES string of the molecule is CCCCCCCCN1C(=O)/C(=C/c2c(NCCCN3CCOCC3)nc3c(C)cccn3c2=O)SC1=S. The van der Waals surface area contributed by atoms with Crippen molar-refractivity contribution in [3.63, 3.8) is 0 Å². The number of aromatic nitrogens is 2. The van der Waals surface area contributed by atoms with Gasteiger partial charge in [0.25, 0.3) is 11.5 Å². The third-order valence-electron chi connectivity index (χ3n) is 7.02. The molecular formula is C28H39N5O3S2. The van der Waals surface area contributed by atoms with Gasteiger partial charge in [-0.3, -0.25) is 23.8 Å². The summed E-state index contributed by atoms with van der Waals surface area (Å²) in [5.74, 6) is 0.382. The predicted molar refractivity (Wildman–Crippen MR) is 160 cm³/mol. The number of carbonyl (C=O) groups excluding carboxylic acids is 1. The fourth-order valence-corrected chi connectivity index (χ4v) is 6.08. The van der Waals surface area contributed by atoms with E-state index in [2.05, 4.69) is 17.1 Å². The van der Waals surface area contributed by atoms with Crippen molar-refractivity contribution in [3.05, 3.63) is 44.7 Å². The Bertz CT molecular complexity index is 1220. The Hall–Kier alpha value is -2.27. The Balaban J connectivity index is 1.51. The van der Waals surface area contributed by atoms with Crippen LogP contribution in [0.2, 0.25) is 0 Å². The maximum Gasteiger partial charge on any atom is 0.267 e. The van der Waals surface area contributed by atoms with Crippen molar-refractivity contribution in [3.8, 4) is 0 Å². The fourth-order valence-electron chi connectivity index (χ4n) is 4.78. The molecule has 10 heteroatoms. The highest BCUT2D eigenvalue weighted by molar-refractivity contribution is 8.26. The lowest BCUT2D eigenvalue weighted by atomic mass is 10.1. The minimum atomic E-state index is -0.199. The van der Waals surface area contributed by atoms with Gasteiger partial charge in [0, 0.05) is 32.4 Å². The van der Waals surface area contributed by atoms with Crippen LogP contribution in [0, 0.1) is 6.92 Å². The van der Waals surface area contributed by atoms with Gasteiger partial charge in [-0.25, -0.2) is 4.98 Å². The van der Waals surface area contributed by atoms with E-state index in [9.17, 15) is 9.59 Å². The Morgan fingerprint density at radius 2 is 1.87 bits per heavy atom. The zero-order chi connectivity index (χ0) is 26.9. The van der Waals surface area contributed by atoms with Gasteiger partial charge < -0.3 is 10.1 Å². The molecule has 0 aliphatic carbocycles. The average Bonchev–Trinajstić information content (AvgIpc) is 3.19. The summed E-state index contributed by atoms with van der Waals surface area (Å²) in [7, 11) is 0. The van der Waals surface area contributed by atoms with Gasteiger partial charge in [-0.2, -0.15) is 0 Å². The molecule has 0 bridgehead atoms. The average molecular weight is 558 g/mol. The molecule has 206 valence electrons. The number of fused-ring (bicyclic) bond motifs is 1. The lowest BCUT2D eigenvalue weighted by molar-refractivity contribution is -0.122. The molecule has 0 atom stereocenters. The fraction of sp³-hybridized carbons (Fsp3) is 0.571. The first-order valence-electron chi connectivity index (χ1n) is 13.8. The van der Waals surface area contributed by atoms with E-state index in [1.807, 2.05) is 19.1 Å². The van der Waals surface area contributed by atoms with Gasteiger partial charge >= 0.3 is 0 Å². The zero-order valence-electron chi connectivity index (χ0n) is 22.5. The molecule has 2 aliphatic heterocycles. The predicted octanol–water partition coefficient (Wildman–Crippen LogP) is 4.70. The molecule has 38 heavy (non-hydrogen) atoms. The van der Waals surface area contributed by atoms with Crippen molar-refractivity contribution in [2.45, 2.75) is 58.8 Å². The summed E-state index contributed by atoms with van der Waals surface area (Å²) in [6.45, 7) is 9.83. The van der Waals surface area contributed by atoms with Crippen molar-refractivity contribution in [1.82, 2.24) is 19.2 Å². The topological polar surface area (TPSA) is 79.2 Å². The summed E-state index contributed by atoms with van der Waals surface area (Å²) in [6, 6.07) is 3.78. The number of aryl methyl sites for hydroxylation is 1. The number of ether oxygens (including phenoxy) is 1. The largest absolute Gasteiger partial charge is 0.379 e. The normalized spacial score (nSPS) is 17.7. The Morgan fingerprint density at radius 1 is 1.11 bits per heavy atom.